The van der Waals surface area contributed by atoms with Gasteiger partial charge in [-0.25, -0.2) is 9.78 Å². The van der Waals surface area contributed by atoms with Gasteiger partial charge in [-0.3, -0.25) is 0 Å². The van der Waals surface area contributed by atoms with Gasteiger partial charge in [-0.1, -0.05) is 0 Å². The highest BCUT2D eigenvalue weighted by Gasteiger charge is 2.44. The summed E-state index contributed by atoms with van der Waals surface area (Å²) in [6.07, 6.45) is 2.68. The Morgan fingerprint density at radius 1 is 1.33 bits per heavy atom. The number of fused-ring (bicyclic) bond motifs is 1. The van der Waals surface area contributed by atoms with Gasteiger partial charge in [0, 0.05) is 57.6 Å². The minimum absolute atomic E-state index is 0.206. The largest absolute Gasteiger partial charge is 0.444 e. The molecule has 1 aromatic rings. The lowest BCUT2D eigenvalue weighted by Gasteiger charge is -2.53. The lowest BCUT2D eigenvalue weighted by Crippen LogP contribution is -2.65. The maximum absolute atomic E-state index is 12.3. The van der Waals surface area contributed by atoms with Gasteiger partial charge in [0.15, 0.2) is 0 Å². The smallest absolute Gasteiger partial charge is 0.410 e. The highest BCUT2D eigenvalue weighted by Crippen LogP contribution is 2.36. The Morgan fingerprint density at radius 3 is 2.75 bits per heavy atom. The normalized spacial score (nSPS) is 23.4. The molecular weight excluding hydrogens is 304 g/mol. The predicted octanol–water partition coefficient (Wildman–Crippen LogP) is 2.59. The molecule has 2 aliphatic rings. The van der Waals surface area contributed by atoms with E-state index in [-0.39, 0.29) is 6.09 Å². The molecule has 0 unspecified atom stereocenters. The van der Waals surface area contributed by atoms with Crippen molar-refractivity contribution in [1.29, 1.82) is 0 Å². The number of amides is 1. The standard InChI is InChI=1S/C18H28N4O2/c1-18(2,3)24-17(23)21-9-7-13-11-22(15(13)12-21)16-10-14(20(4)5)6-8-19-16/h6,8,10,13,15H,7,9,11-12H2,1-5H3/t13-,15-/m0/s1. The number of rotatable bonds is 2. The summed E-state index contributed by atoms with van der Waals surface area (Å²) in [5, 5.41) is 0. The van der Waals surface area contributed by atoms with Crippen molar-refractivity contribution in [2.45, 2.75) is 38.8 Å². The van der Waals surface area contributed by atoms with Crippen LogP contribution in [0.4, 0.5) is 16.3 Å². The monoisotopic (exact) mass is 332 g/mol. The Labute approximate surface area is 144 Å². The molecule has 24 heavy (non-hydrogen) atoms. The van der Waals surface area contributed by atoms with Crippen LogP contribution < -0.4 is 9.80 Å². The number of pyridine rings is 1. The third kappa shape index (κ3) is 3.42. The maximum Gasteiger partial charge on any atom is 0.410 e. The zero-order valence-electron chi connectivity index (χ0n) is 15.3. The highest BCUT2D eigenvalue weighted by molar-refractivity contribution is 5.69. The van der Waals surface area contributed by atoms with Crippen molar-refractivity contribution >= 4 is 17.6 Å². The molecule has 0 aromatic carbocycles. The van der Waals surface area contributed by atoms with E-state index >= 15 is 0 Å². The van der Waals surface area contributed by atoms with Crippen LogP contribution in [0.25, 0.3) is 0 Å². The summed E-state index contributed by atoms with van der Waals surface area (Å²) in [5.74, 6) is 1.64. The fraction of sp³-hybridized carbons (Fsp3) is 0.667. The molecule has 132 valence electrons. The van der Waals surface area contributed by atoms with Crippen molar-refractivity contribution < 1.29 is 9.53 Å². The van der Waals surface area contributed by atoms with Gasteiger partial charge in [0.25, 0.3) is 0 Å². The molecule has 0 radical (unpaired) electrons. The molecule has 6 nitrogen and oxygen atoms in total. The van der Waals surface area contributed by atoms with Crippen molar-refractivity contribution in [2.75, 3.05) is 43.5 Å². The van der Waals surface area contributed by atoms with Gasteiger partial charge in [0.1, 0.15) is 11.4 Å². The van der Waals surface area contributed by atoms with E-state index < -0.39 is 5.60 Å². The highest BCUT2D eigenvalue weighted by atomic mass is 16.6. The first-order valence-electron chi connectivity index (χ1n) is 8.62. The van der Waals surface area contributed by atoms with Crippen molar-refractivity contribution in [3.63, 3.8) is 0 Å². The molecule has 0 aliphatic carbocycles. The molecule has 6 heteroatoms. The quantitative estimate of drug-likeness (QED) is 0.833. The average molecular weight is 332 g/mol. The minimum Gasteiger partial charge on any atom is -0.444 e. The SMILES string of the molecule is CN(C)c1ccnc(N2C[C@@H]3CCN(C(=O)OC(C)(C)C)C[C@@H]32)c1. The third-order valence-corrected chi connectivity index (χ3v) is 4.74. The number of nitrogens with zero attached hydrogens (tertiary/aromatic N) is 4. The summed E-state index contributed by atoms with van der Waals surface area (Å²) in [5.41, 5.74) is 0.692. The van der Waals surface area contributed by atoms with Crippen LogP contribution in [0.2, 0.25) is 0 Å². The number of carbonyl (C=O) groups excluding carboxylic acids is 1. The lowest BCUT2D eigenvalue weighted by molar-refractivity contribution is 0.0106. The molecular formula is C18H28N4O2. The van der Waals surface area contributed by atoms with E-state index in [4.69, 9.17) is 4.74 Å². The van der Waals surface area contributed by atoms with E-state index in [1.54, 1.807) is 0 Å². The van der Waals surface area contributed by atoms with E-state index in [0.717, 1.165) is 31.0 Å². The van der Waals surface area contributed by atoms with Crippen LogP contribution in [-0.2, 0) is 4.74 Å². The summed E-state index contributed by atoms with van der Waals surface area (Å²) in [6.45, 7) is 8.25. The van der Waals surface area contributed by atoms with E-state index in [1.807, 2.05) is 52.0 Å². The summed E-state index contributed by atoms with van der Waals surface area (Å²) in [7, 11) is 4.06. The van der Waals surface area contributed by atoms with Crippen LogP contribution >= 0.6 is 0 Å². The van der Waals surface area contributed by atoms with Gasteiger partial charge in [-0.2, -0.15) is 0 Å². The first-order valence-corrected chi connectivity index (χ1v) is 8.62. The Hall–Kier alpha value is -1.98. The number of ether oxygens (including phenoxy) is 1. The summed E-state index contributed by atoms with van der Waals surface area (Å²) < 4.78 is 5.52. The molecule has 1 aromatic heterocycles. The van der Waals surface area contributed by atoms with Gasteiger partial charge in [-0.05, 0) is 33.3 Å². The zero-order valence-corrected chi connectivity index (χ0v) is 15.3. The van der Waals surface area contributed by atoms with Crippen LogP contribution in [0.15, 0.2) is 18.3 Å². The second-order valence-corrected chi connectivity index (χ2v) is 7.96. The van der Waals surface area contributed by atoms with E-state index in [9.17, 15) is 4.79 Å². The van der Waals surface area contributed by atoms with Gasteiger partial charge >= 0.3 is 6.09 Å². The summed E-state index contributed by atoms with van der Waals surface area (Å²) in [6, 6.07) is 4.47. The number of piperidine rings is 1. The fourth-order valence-corrected chi connectivity index (χ4v) is 3.39. The first kappa shape index (κ1) is 16.9. The first-order chi connectivity index (χ1) is 11.2. The summed E-state index contributed by atoms with van der Waals surface area (Å²) >= 11 is 0. The molecule has 1 amide bonds. The number of anilines is 2. The molecule has 0 spiro atoms. The van der Waals surface area contributed by atoms with E-state index in [1.165, 1.54) is 0 Å². The van der Waals surface area contributed by atoms with Crippen molar-refractivity contribution in [3.8, 4) is 0 Å². The molecule has 2 atom stereocenters. The molecule has 3 rings (SSSR count). The molecule has 0 bridgehead atoms. The molecule has 2 saturated heterocycles. The lowest BCUT2D eigenvalue weighted by atomic mass is 9.82. The molecule has 0 N–H and O–H groups in total. The summed E-state index contributed by atoms with van der Waals surface area (Å²) in [4.78, 5) is 23.1. The number of hydrogen-bond acceptors (Lipinski definition) is 5. The Bertz CT molecular complexity index is 611. The molecule has 3 heterocycles. The molecule has 2 aliphatic heterocycles. The van der Waals surface area contributed by atoms with Crippen molar-refractivity contribution in [2.24, 2.45) is 5.92 Å². The zero-order chi connectivity index (χ0) is 17.5. The van der Waals surface area contributed by atoms with Crippen LogP contribution in [0.3, 0.4) is 0 Å². The maximum atomic E-state index is 12.3. The van der Waals surface area contributed by atoms with Crippen molar-refractivity contribution in [3.05, 3.63) is 18.3 Å². The fourth-order valence-electron chi connectivity index (χ4n) is 3.39. The van der Waals surface area contributed by atoms with Crippen LogP contribution in [0, 0.1) is 5.92 Å². The Kier molecular flexibility index (Phi) is 4.32. The van der Waals surface area contributed by atoms with E-state index in [0.29, 0.717) is 18.5 Å². The van der Waals surface area contributed by atoms with Gasteiger partial charge in [-0.15, -0.1) is 0 Å². The van der Waals surface area contributed by atoms with Gasteiger partial charge in [0.05, 0.1) is 6.04 Å². The van der Waals surface area contributed by atoms with Gasteiger partial charge in [0.2, 0.25) is 0 Å². The van der Waals surface area contributed by atoms with Crippen molar-refractivity contribution in [1.82, 2.24) is 9.88 Å². The van der Waals surface area contributed by atoms with Crippen LogP contribution in [0.5, 0.6) is 0 Å². The topological polar surface area (TPSA) is 48.9 Å². The van der Waals surface area contributed by atoms with E-state index in [2.05, 4.69) is 20.9 Å². The molecule has 0 saturated carbocycles. The van der Waals surface area contributed by atoms with Crippen LogP contribution in [-0.4, -0.2) is 61.3 Å². The Morgan fingerprint density at radius 2 is 2.08 bits per heavy atom. The van der Waals surface area contributed by atoms with Gasteiger partial charge < -0.3 is 19.4 Å². The average Bonchev–Trinajstić information content (AvgIpc) is 2.47. The second kappa shape index (κ2) is 6.15. The number of carbonyl (C=O) groups is 1. The third-order valence-electron chi connectivity index (χ3n) is 4.74. The number of likely N-dealkylation sites (tertiary alicyclic amines) is 1. The Balaban J connectivity index is 1.68. The second-order valence-electron chi connectivity index (χ2n) is 7.96. The number of hydrogen-bond donors (Lipinski definition) is 0. The number of aromatic nitrogens is 1. The van der Waals surface area contributed by atoms with Crippen LogP contribution in [0.1, 0.15) is 27.2 Å². The predicted molar refractivity (Wildman–Crippen MR) is 95.6 cm³/mol. The molecule has 2 fully saturated rings. The minimum atomic E-state index is -0.450.